The lowest BCUT2D eigenvalue weighted by Crippen LogP contribution is -2.32. The maximum absolute atomic E-state index is 13.3. The molecule has 3 rings (SSSR count). The fraction of sp³-hybridized carbons (Fsp3) is 0.409. The molecule has 0 aliphatic carbocycles. The van der Waals surface area contributed by atoms with Crippen LogP contribution in [0, 0.1) is 0 Å². The van der Waals surface area contributed by atoms with Gasteiger partial charge in [0, 0.05) is 13.0 Å². The molecule has 1 amide bonds. The summed E-state index contributed by atoms with van der Waals surface area (Å²) in [5.41, 5.74) is -1.21. The van der Waals surface area contributed by atoms with Crippen LogP contribution in [0.5, 0.6) is 0 Å². The second-order valence-corrected chi connectivity index (χ2v) is 7.76. The molecule has 9 heteroatoms. The van der Waals surface area contributed by atoms with E-state index in [1.54, 1.807) is 0 Å². The first-order chi connectivity index (χ1) is 14.4. The van der Waals surface area contributed by atoms with Crippen LogP contribution in [0.1, 0.15) is 54.0 Å². The van der Waals surface area contributed by atoms with Gasteiger partial charge in [-0.25, -0.2) is 0 Å². The highest BCUT2D eigenvalue weighted by Gasteiger charge is 2.38. The van der Waals surface area contributed by atoms with E-state index in [0.717, 1.165) is 18.2 Å². The van der Waals surface area contributed by atoms with Crippen LogP contribution < -0.4 is 0 Å². The predicted octanol–water partition coefficient (Wildman–Crippen LogP) is 5.55. The number of aliphatic hydroxyl groups is 1. The zero-order chi connectivity index (χ0) is 23.0. The highest BCUT2D eigenvalue weighted by atomic mass is 19.4. The summed E-state index contributed by atoms with van der Waals surface area (Å²) in [7, 11) is 0. The Labute approximate surface area is 175 Å². The highest BCUT2D eigenvalue weighted by molar-refractivity contribution is 5.78. The number of hydrogen-bond acceptors (Lipinski definition) is 2. The van der Waals surface area contributed by atoms with E-state index in [1.165, 1.54) is 42.2 Å². The van der Waals surface area contributed by atoms with Gasteiger partial charge in [0.1, 0.15) is 0 Å². The van der Waals surface area contributed by atoms with Crippen LogP contribution in [-0.4, -0.2) is 28.6 Å². The van der Waals surface area contributed by atoms with Crippen LogP contribution in [0.15, 0.2) is 48.5 Å². The minimum atomic E-state index is -4.56. The van der Waals surface area contributed by atoms with Gasteiger partial charge in [0.25, 0.3) is 0 Å². The molecule has 0 aromatic heterocycles. The number of carbonyl (C=O) groups excluding carboxylic acids is 1. The van der Waals surface area contributed by atoms with Gasteiger partial charge in [0.2, 0.25) is 5.91 Å². The molecule has 2 aromatic carbocycles. The Morgan fingerprint density at radius 3 is 2.23 bits per heavy atom. The maximum atomic E-state index is 13.3. The SMILES string of the molecule is C[C@H](CC(=O)N1C[C@H](O)C[C@@H]1c1ccc(C(F)(F)F)cc1)c1ccccc1C(F)(F)F. The Bertz CT molecular complexity index is 923. The van der Waals surface area contributed by atoms with Crippen molar-refractivity contribution in [2.45, 2.75) is 50.2 Å². The van der Waals surface area contributed by atoms with Gasteiger partial charge in [-0.1, -0.05) is 37.3 Å². The summed E-state index contributed by atoms with van der Waals surface area (Å²) < 4.78 is 78.3. The van der Waals surface area contributed by atoms with E-state index in [9.17, 15) is 36.2 Å². The molecule has 1 aliphatic rings. The van der Waals surface area contributed by atoms with Gasteiger partial charge in [-0.3, -0.25) is 4.79 Å². The fourth-order valence-corrected chi connectivity index (χ4v) is 3.97. The molecule has 1 fully saturated rings. The number of nitrogens with zero attached hydrogens (tertiary/aromatic N) is 1. The number of rotatable bonds is 4. The minimum absolute atomic E-state index is 0.00539. The van der Waals surface area contributed by atoms with Gasteiger partial charge in [-0.15, -0.1) is 0 Å². The standard InChI is InChI=1S/C22H21F6NO2/c1-13(17-4-2-3-5-18(17)22(26,27)28)10-20(31)29-12-16(30)11-19(29)14-6-8-15(9-7-14)21(23,24)25/h2-9,13,16,19,30H,10-12H2,1H3/t13-,16-,19-/m1/s1. The van der Waals surface area contributed by atoms with Crippen LogP contribution in [0.25, 0.3) is 0 Å². The third-order valence-corrected chi connectivity index (χ3v) is 5.50. The second-order valence-electron chi connectivity index (χ2n) is 7.76. The molecule has 0 radical (unpaired) electrons. The first kappa shape index (κ1) is 23.1. The molecular formula is C22H21F6NO2. The molecule has 3 nitrogen and oxygen atoms in total. The second kappa shape index (κ2) is 8.53. The number of β-amino-alcohol motifs (C(OH)–C–C–N with tert-alkyl or cyclic N) is 1. The quantitative estimate of drug-likeness (QED) is 0.627. The van der Waals surface area contributed by atoms with Gasteiger partial charge in [0.15, 0.2) is 0 Å². The minimum Gasteiger partial charge on any atom is -0.391 e. The van der Waals surface area contributed by atoms with Crippen LogP contribution in [-0.2, 0) is 17.1 Å². The van der Waals surface area contributed by atoms with E-state index in [-0.39, 0.29) is 24.9 Å². The molecule has 2 aromatic rings. The van der Waals surface area contributed by atoms with E-state index >= 15 is 0 Å². The van der Waals surface area contributed by atoms with Crippen molar-refractivity contribution in [1.29, 1.82) is 0 Å². The molecular weight excluding hydrogens is 424 g/mol. The number of halogens is 6. The first-order valence-corrected chi connectivity index (χ1v) is 9.68. The summed E-state index contributed by atoms with van der Waals surface area (Å²) >= 11 is 0. The Balaban J connectivity index is 1.79. The van der Waals surface area contributed by atoms with E-state index in [1.807, 2.05) is 0 Å². The summed E-state index contributed by atoms with van der Waals surface area (Å²) in [4.78, 5) is 14.2. The van der Waals surface area contributed by atoms with Crippen molar-refractivity contribution >= 4 is 5.91 Å². The van der Waals surface area contributed by atoms with E-state index in [4.69, 9.17) is 0 Å². The molecule has 1 aliphatic heterocycles. The molecule has 168 valence electrons. The molecule has 1 saturated heterocycles. The first-order valence-electron chi connectivity index (χ1n) is 9.68. The number of alkyl halides is 6. The van der Waals surface area contributed by atoms with E-state index in [2.05, 4.69) is 0 Å². The van der Waals surface area contributed by atoms with Crippen molar-refractivity contribution in [2.75, 3.05) is 6.54 Å². The van der Waals surface area contributed by atoms with Crippen molar-refractivity contribution in [3.05, 3.63) is 70.8 Å². The van der Waals surface area contributed by atoms with Crippen molar-refractivity contribution in [2.24, 2.45) is 0 Å². The average Bonchev–Trinajstić information content (AvgIpc) is 3.08. The van der Waals surface area contributed by atoms with Crippen LogP contribution in [0.4, 0.5) is 26.3 Å². The van der Waals surface area contributed by atoms with Gasteiger partial charge in [-0.05, 0) is 41.7 Å². The normalized spacial score (nSPS) is 20.7. The summed E-state index contributed by atoms with van der Waals surface area (Å²) in [6.45, 7) is 1.49. The maximum Gasteiger partial charge on any atom is 0.416 e. The zero-order valence-electron chi connectivity index (χ0n) is 16.5. The largest absolute Gasteiger partial charge is 0.416 e. The molecule has 1 N–H and O–H groups in total. The number of amides is 1. The Morgan fingerprint density at radius 2 is 1.65 bits per heavy atom. The van der Waals surface area contributed by atoms with Crippen LogP contribution >= 0.6 is 0 Å². The van der Waals surface area contributed by atoms with Crippen LogP contribution in [0.3, 0.4) is 0 Å². The summed E-state index contributed by atoms with van der Waals surface area (Å²) in [6, 6.07) is 8.72. The summed E-state index contributed by atoms with van der Waals surface area (Å²) in [5, 5.41) is 10.0. The van der Waals surface area contributed by atoms with E-state index in [0.29, 0.717) is 5.56 Å². The van der Waals surface area contributed by atoms with Crippen molar-refractivity contribution in [3.63, 3.8) is 0 Å². The molecule has 0 unspecified atom stereocenters. The molecule has 31 heavy (non-hydrogen) atoms. The Morgan fingerprint density at radius 1 is 1.03 bits per heavy atom. The smallest absolute Gasteiger partial charge is 0.391 e. The molecule has 0 saturated carbocycles. The lowest BCUT2D eigenvalue weighted by Gasteiger charge is -2.27. The van der Waals surface area contributed by atoms with Crippen molar-refractivity contribution < 1.29 is 36.2 Å². The van der Waals surface area contributed by atoms with Gasteiger partial charge < -0.3 is 10.0 Å². The summed E-state index contributed by atoms with van der Waals surface area (Å²) in [5.74, 6) is -1.21. The van der Waals surface area contributed by atoms with Gasteiger partial charge in [0.05, 0.1) is 23.3 Å². The lowest BCUT2D eigenvalue weighted by atomic mass is 9.92. The monoisotopic (exact) mass is 445 g/mol. The topological polar surface area (TPSA) is 40.5 Å². The molecule has 3 atom stereocenters. The zero-order valence-corrected chi connectivity index (χ0v) is 16.5. The average molecular weight is 445 g/mol. The number of likely N-dealkylation sites (tertiary alicyclic amines) is 1. The number of aliphatic hydroxyl groups excluding tert-OH is 1. The lowest BCUT2D eigenvalue weighted by molar-refractivity contribution is -0.139. The summed E-state index contributed by atoms with van der Waals surface area (Å²) in [6.07, 6.45) is -10.00. The third-order valence-electron chi connectivity index (χ3n) is 5.50. The van der Waals surface area contributed by atoms with Crippen molar-refractivity contribution in [3.8, 4) is 0 Å². The fourth-order valence-electron chi connectivity index (χ4n) is 3.97. The number of benzene rings is 2. The van der Waals surface area contributed by atoms with Crippen LogP contribution in [0.2, 0.25) is 0 Å². The van der Waals surface area contributed by atoms with E-state index < -0.39 is 47.5 Å². The molecule has 0 bridgehead atoms. The highest BCUT2D eigenvalue weighted by Crippen LogP contribution is 2.38. The number of carbonyl (C=O) groups is 1. The number of hydrogen-bond donors (Lipinski definition) is 1. The van der Waals surface area contributed by atoms with Gasteiger partial charge >= 0.3 is 12.4 Å². The Hall–Kier alpha value is -2.55. The predicted molar refractivity (Wildman–Crippen MR) is 101 cm³/mol. The third kappa shape index (κ3) is 5.20. The molecule has 1 heterocycles. The Kier molecular flexibility index (Phi) is 6.36. The van der Waals surface area contributed by atoms with Gasteiger partial charge in [-0.2, -0.15) is 26.3 Å². The molecule has 0 spiro atoms. The van der Waals surface area contributed by atoms with Crippen molar-refractivity contribution in [1.82, 2.24) is 4.90 Å².